The number of nitrogens with one attached hydrogen (secondary N) is 1. The highest BCUT2D eigenvalue weighted by Gasteiger charge is 2.22. The fourth-order valence-corrected chi connectivity index (χ4v) is 2.02. The van der Waals surface area contributed by atoms with Gasteiger partial charge in [-0.1, -0.05) is 23.7 Å². The standard InChI is InChI=1S/C14H14ClNO3/c1-9-6-7-10(15)12(13(9)18-2)14(17)19-11-5-3-4-8-16-11/h3-8,11,16H,1-2H3. The third kappa shape index (κ3) is 2.90. The SMILES string of the molecule is COc1c(C)ccc(Cl)c1C(=O)OC1C=CC=CN1. The van der Waals surface area contributed by atoms with Crippen molar-refractivity contribution in [1.29, 1.82) is 0 Å². The van der Waals surface area contributed by atoms with E-state index in [-0.39, 0.29) is 5.56 Å². The fraction of sp³-hybridized carbons (Fsp3) is 0.214. The number of ether oxygens (including phenoxy) is 2. The van der Waals surface area contributed by atoms with Crippen molar-refractivity contribution < 1.29 is 14.3 Å². The normalized spacial score (nSPS) is 16.9. The molecule has 0 bridgehead atoms. The molecule has 0 saturated heterocycles. The highest BCUT2D eigenvalue weighted by atomic mass is 35.5. The molecule has 4 nitrogen and oxygen atoms in total. The highest BCUT2D eigenvalue weighted by molar-refractivity contribution is 6.34. The zero-order chi connectivity index (χ0) is 13.8. The number of carbonyl (C=O) groups excluding carboxylic acids is 1. The van der Waals surface area contributed by atoms with Crippen molar-refractivity contribution in [2.75, 3.05) is 7.11 Å². The number of halogens is 1. The highest BCUT2D eigenvalue weighted by Crippen LogP contribution is 2.30. The lowest BCUT2D eigenvalue weighted by atomic mass is 10.1. The minimum atomic E-state index is -0.525. The summed E-state index contributed by atoms with van der Waals surface area (Å²) in [6.07, 6.45) is 6.54. The van der Waals surface area contributed by atoms with Crippen LogP contribution in [-0.2, 0) is 4.74 Å². The number of benzene rings is 1. The first-order chi connectivity index (χ1) is 9.13. The van der Waals surface area contributed by atoms with Crippen LogP contribution in [0.3, 0.4) is 0 Å². The van der Waals surface area contributed by atoms with E-state index in [1.54, 1.807) is 30.5 Å². The van der Waals surface area contributed by atoms with Crippen LogP contribution in [0.25, 0.3) is 0 Å². The van der Waals surface area contributed by atoms with Crippen LogP contribution in [0.15, 0.2) is 36.6 Å². The summed E-state index contributed by atoms with van der Waals surface area (Å²) >= 11 is 6.06. The average Bonchev–Trinajstić information content (AvgIpc) is 2.42. The van der Waals surface area contributed by atoms with Gasteiger partial charge in [-0.25, -0.2) is 4.79 Å². The third-order valence-electron chi connectivity index (χ3n) is 2.70. The summed E-state index contributed by atoms with van der Waals surface area (Å²) < 4.78 is 10.5. The lowest BCUT2D eigenvalue weighted by Crippen LogP contribution is -2.29. The molecule has 1 aliphatic heterocycles. The van der Waals surface area contributed by atoms with E-state index < -0.39 is 12.2 Å². The number of hydrogen-bond donors (Lipinski definition) is 1. The van der Waals surface area contributed by atoms with Gasteiger partial charge in [-0.2, -0.15) is 0 Å². The number of rotatable bonds is 3. The maximum Gasteiger partial charge on any atom is 0.345 e. The van der Waals surface area contributed by atoms with E-state index in [1.807, 2.05) is 13.0 Å². The third-order valence-corrected chi connectivity index (χ3v) is 3.01. The average molecular weight is 280 g/mol. The fourth-order valence-electron chi connectivity index (χ4n) is 1.79. The second kappa shape index (κ2) is 5.80. The number of allylic oxidation sites excluding steroid dienone is 2. The van der Waals surface area contributed by atoms with Crippen molar-refractivity contribution in [2.24, 2.45) is 0 Å². The van der Waals surface area contributed by atoms with Gasteiger partial charge in [0.15, 0.2) is 6.23 Å². The van der Waals surface area contributed by atoms with Crippen molar-refractivity contribution in [2.45, 2.75) is 13.2 Å². The Hall–Kier alpha value is -1.94. The van der Waals surface area contributed by atoms with Crippen LogP contribution in [-0.4, -0.2) is 19.3 Å². The molecule has 0 aliphatic carbocycles. The van der Waals surface area contributed by atoms with Crippen LogP contribution in [0.4, 0.5) is 0 Å². The Morgan fingerprint density at radius 1 is 1.37 bits per heavy atom. The zero-order valence-electron chi connectivity index (χ0n) is 10.6. The molecule has 100 valence electrons. The lowest BCUT2D eigenvalue weighted by Gasteiger charge is -2.18. The monoisotopic (exact) mass is 279 g/mol. The predicted octanol–water partition coefficient (Wildman–Crippen LogP) is 2.81. The van der Waals surface area contributed by atoms with Crippen LogP contribution in [0.5, 0.6) is 5.75 Å². The van der Waals surface area contributed by atoms with Crippen molar-refractivity contribution >= 4 is 17.6 Å². The number of hydrogen-bond acceptors (Lipinski definition) is 4. The van der Waals surface area contributed by atoms with E-state index in [9.17, 15) is 4.79 Å². The molecule has 0 spiro atoms. The predicted molar refractivity (Wildman–Crippen MR) is 73.4 cm³/mol. The zero-order valence-corrected chi connectivity index (χ0v) is 11.4. The van der Waals surface area contributed by atoms with Gasteiger partial charge in [0.2, 0.25) is 0 Å². The summed E-state index contributed by atoms with van der Waals surface area (Å²) in [5.41, 5.74) is 1.07. The van der Waals surface area contributed by atoms with Crippen LogP contribution >= 0.6 is 11.6 Å². The van der Waals surface area contributed by atoms with E-state index in [4.69, 9.17) is 21.1 Å². The quantitative estimate of drug-likeness (QED) is 0.865. The molecule has 1 aliphatic rings. The van der Waals surface area contributed by atoms with E-state index in [2.05, 4.69) is 5.32 Å². The molecule has 0 radical (unpaired) electrons. The number of carbonyl (C=O) groups is 1. The molecule has 1 aromatic carbocycles. The first kappa shape index (κ1) is 13.5. The largest absolute Gasteiger partial charge is 0.496 e. The Labute approximate surface area is 116 Å². The summed E-state index contributed by atoms with van der Waals surface area (Å²) in [5.74, 6) is -0.0872. The van der Waals surface area contributed by atoms with Crippen LogP contribution in [0.2, 0.25) is 5.02 Å². The van der Waals surface area contributed by atoms with Gasteiger partial charge in [0.05, 0.1) is 12.1 Å². The van der Waals surface area contributed by atoms with E-state index in [0.29, 0.717) is 10.8 Å². The Morgan fingerprint density at radius 3 is 2.79 bits per heavy atom. The van der Waals surface area contributed by atoms with Crippen molar-refractivity contribution in [3.63, 3.8) is 0 Å². The Kier molecular flexibility index (Phi) is 4.12. The molecule has 0 aromatic heterocycles. The molecule has 0 amide bonds. The van der Waals surface area contributed by atoms with Gasteiger partial charge in [0.25, 0.3) is 0 Å². The van der Waals surface area contributed by atoms with Gasteiger partial charge in [0.1, 0.15) is 11.3 Å². The van der Waals surface area contributed by atoms with E-state index in [0.717, 1.165) is 5.56 Å². The minimum Gasteiger partial charge on any atom is -0.496 e. The molecule has 19 heavy (non-hydrogen) atoms. The molecule has 1 atom stereocenters. The van der Waals surface area contributed by atoms with Crippen LogP contribution < -0.4 is 10.1 Å². The summed E-state index contributed by atoms with van der Waals surface area (Å²) in [7, 11) is 1.50. The minimum absolute atomic E-state index is 0.244. The Morgan fingerprint density at radius 2 is 2.16 bits per heavy atom. The van der Waals surface area contributed by atoms with Crippen molar-refractivity contribution in [1.82, 2.24) is 5.32 Å². The van der Waals surface area contributed by atoms with E-state index in [1.165, 1.54) is 7.11 Å². The van der Waals surface area contributed by atoms with Gasteiger partial charge < -0.3 is 14.8 Å². The molecule has 1 heterocycles. The number of dihydropyridines is 1. The smallest absolute Gasteiger partial charge is 0.345 e. The molecule has 1 N–H and O–H groups in total. The van der Waals surface area contributed by atoms with Crippen LogP contribution in [0.1, 0.15) is 15.9 Å². The second-order valence-electron chi connectivity index (χ2n) is 4.01. The summed E-state index contributed by atoms with van der Waals surface area (Å²) in [4.78, 5) is 12.2. The van der Waals surface area contributed by atoms with Gasteiger partial charge in [-0.05, 0) is 36.9 Å². The lowest BCUT2D eigenvalue weighted by molar-refractivity contribution is 0.0353. The van der Waals surface area contributed by atoms with Crippen molar-refractivity contribution in [3.8, 4) is 5.75 Å². The van der Waals surface area contributed by atoms with E-state index >= 15 is 0 Å². The molecule has 2 rings (SSSR count). The molecule has 5 heteroatoms. The maximum atomic E-state index is 12.2. The molecule has 1 aromatic rings. The van der Waals surface area contributed by atoms with Gasteiger partial charge in [-0.15, -0.1) is 0 Å². The second-order valence-corrected chi connectivity index (χ2v) is 4.42. The van der Waals surface area contributed by atoms with Crippen LogP contribution in [0, 0.1) is 6.92 Å². The Balaban J connectivity index is 2.25. The van der Waals surface area contributed by atoms with Gasteiger partial charge >= 0.3 is 5.97 Å². The number of aryl methyl sites for hydroxylation is 1. The molecule has 0 fully saturated rings. The topological polar surface area (TPSA) is 47.6 Å². The summed E-state index contributed by atoms with van der Waals surface area (Å²) in [6, 6.07) is 3.44. The Bertz CT molecular complexity index is 552. The molecule has 0 saturated carbocycles. The molecular weight excluding hydrogens is 266 g/mol. The van der Waals surface area contributed by atoms with Crippen molar-refractivity contribution in [3.05, 3.63) is 52.7 Å². The first-order valence-corrected chi connectivity index (χ1v) is 6.14. The number of esters is 1. The maximum absolute atomic E-state index is 12.2. The van der Waals surface area contributed by atoms with Gasteiger partial charge in [0, 0.05) is 0 Å². The molecule has 1 unspecified atom stereocenters. The molecular formula is C14H14ClNO3. The summed E-state index contributed by atoms with van der Waals surface area (Å²) in [6.45, 7) is 1.84. The van der Waals surface area contributed by atoms with Gasteiger partial charge in [-0.3, -0.25) is 0 Å². The summed E-state index contributed by atoms with van der Waals surface area (Å²) in [5, 5.41) is 3.21. The number of methoxy groups -OCH3 is 1. The first-order valence-electron chi connectivity index (χ1n) is 5.77.